The fraction of sp³-hybridized carbons (Fsp3) is 0.917. The first kappa shape index (κ1) is 13.5. The molecule has 0 bridgehead atoms. The van der Waals surface area contributed by atoms with Crippen LogP contribution in [0.1, 0.15) is 20.3 Å². The van der Waals surface area contributed by atoms with E-state index < -0.39 is 0 Å². The minimum absolute atomic E-state index is 0.0967. The molecule has 16 heavy (non-hydrogen) atoms. The third-order valence-corrected chi connectivity index (χ3v) is 2.94. The minimum Gasteiger partial charge on any atom is -0.378 e. The number of nitrogens with one attached hydrogen (secondary N) is 1. The Morgan fingerprint density at radius 2 is 2.19 bits per heavy atom. The molecule has 1 amide bonds. The number of carbonyl (C=O) groups excluding carboxylic acids is 1. The lowest BCUT2D eigenvalue weighted by Gasteiger charge is -2.22. The predicted octanol–water partition coefficient (Wildman–Crippen LogP) is 0.725. The van der Waals surface area contributed by atoms with Crippen LogP contribution in [0.3, 0.4) is 0 Å². The molecule has 1 saturated heterocycles. The van der Waals surface area contributed by atoms with Gasteiger partial charge in [0.15, 0.2) is 0 Å². The van der Waals surface area contributed by atoms with Crippen LogP contribution in [-0.2, 0) is 9.53 Å². The third-order valence-electron chi connectivity index (χ3n) is 2.94. The minimum atomic E-state index is 0.0967. The van der Waals surface area contributed by atoms with Crippen molar-refractivity contribution in [2.45, 2.75) is 26.4 Å². The molecule has 1 aliphatic heterocycles. The summed E-state index contributed by atoms with van der Waals surface area (Å²) < 4.78 is 5.68. The molecule has 1 rings (SSSR count). The lowest BCUT2D eigenvalue weighted by molar-refractivity contribution is -0.122. The molecule has 2 atom stereocenters. The molecule has 1 aliphatic rings. The average molecular weight is 228 g/mol. The van der Waals surface area contributed by atoms with Gasteiger partial charge in [0.05, 0.1) is 12.6 Å². The van der Waals surface area contributed by atoms with E-state index >= 15 is 0 Å². The Balaban J connectivity index is 2.29. The number of likely N-dealkylation sites (N-methyl/N-ethyl adjacent to an activating group) is 1. The summed E-state index contributed by atoms with van der Waals surface area (Å²) in [6.07, 6.45) is 1.37. The maximum Gasteiger partial charge on any atom is 0.234 e. The number of hydrogen-bond acceptors (Lipinski definition) is 3. The van der Waals surface area contributed by atoms with Crippen molar-refractivity contribution in [1.82, 2.24) is 10.2 Å². The molecule has 1 fully saturated rings. The second kappa shape index (κ2) is 6.21. The quantitative estimate of drug-likeness (QED) is 0.754. The number of nitrogens with zero attached hydrogens (tertiary/aromatic N) is 1. The van der Waals surface area contributed by atoms with Gasteiger partial charge in [-0.1, -0.05) is 13.8 Å². The Morgan fingerprint density at radius 1 is 1.50 bits per heavy atom. The SMILES string of the molecule is CC(C)[C@H]1OCC[C@@H]1CNC(=O)CN(C)C. The zero-order chi connectivity index (χ0) is 12.1. The van der Waals surface area contributed by atoms with Crippen molar-refractivity contribution in [3.63, 3.8) is 0 Å². The summed E-state index contributed by atoms with van der Waals surface area (Å²) in [5, 5.41) is 2.98. The molecule has 0 unspecified atom stereocenters. The van der Waals surface area contributed by atoms with Crippen molar-refractivity contribution in [3.05, 3.63) is 0 Å². The number of rotatable bonds is 5. The summed E-state index contributed by atoms with van der Waals surface area (Å²) in [6, 6.07) is 0. The highest BCUT2D eigenvalue weighted by atomic mass is 16.5. The lowest BCUT2D eigenvalue weighted by atomic mass is 9.93. The van der Waals surface area contributed by atoms with Gasteiger partial charge in [-0.2, -0.15) is 0 Å². The summed E-state index contributed by atoms with van der Waals surface area (Å²) in [7, 11) is 3.80. The van der Waals surface area contributed by atoms with Gasteiger partial charge in [0.1, 0.15) is 0 Å². The Hall–Kier alpha value is -0.610. The highest BCUT2D eigenvalue weighted by Gasteiger charge is 2.30. The molecule has 1 N–H and O–H groups in total. The fourth-order valence-electron chi connectivity index (χ4n) is 2.20. The molecule has 0 spiro atoms. The summed E-state index contributed by atoms with van der Waals surface area (Å²) >= 11 is 0. The molecule has 4 heteroatoms. The lowest BCUT2D eigenvalue weighted by Crippen LogP contribution is -2.38. The van der Waals surface area contributed by atoms with E-state index in [0.717, 1.165) is 19.6 Å². The van der Waals surface area contributed by atoms with Crippen LogP contribution in [0.15, 0.2) is 0 Å². The fourth-order valence-corrected chi connectivity index (χ4v) is 2.20. The summed E-state index contributed by atoms with van der Waals surface area (Å²) in [4.78, 5) is 13.4. The molecular weight excluding hydrogens is 204 g/mol. The number of ether oxygens (including phenoxy) is 1. The van der Waals surface area contributed by atoms with Crippen LogP contribution in [0.25, 0.3) is 0 Å². The molecular formula is C12H24N2O2. The van der Waals surface area contributed by atoms with Crippen molar-refractivity contribution in [2.75, 3.05) is 33.8 Å². The maximum absolute atomic E-state index is 11.5. The number of hydrogen-bond donors (Lipinski definition) is 1. The molecule has 1 heterocycles. The Labute approximate surface area is 98.3 Å². The first-order chi connectivity index (χ1) is 7.50. The van der Waals surface area contributed by atoms with Crippen molar-refractivity contribution in [2.24, 2.45) is 11.8 Å². The van der Waals surface area contributed by atoms with E-state index in [4.69, 9.17) is 4.74 Å². The molecule has 0 radical (unpaired) electrons. The highest BCUT2D eigenvalue weighted by molar-refractivity contribution is 5.77. The number of amides is 1. The van der Waals surface area contributed by atoms with Crippen LogP contribution >= 0.6 is 0 Å². The monoisotopic (exact) mass is 228 g/mol. The van der Waals surface area contributed by atoms with Crippen molar-refractivity contribution < 1.29 is 9.53 Å². The van der Waals surface area contributed by atoms with E-state index in [0.29, 0.717) is 24.5 Å². The maximum atomic E-state index is 11.5. The zero-order valence-corrected chi connectivity index (χ0v) is 10.8. The van der Waals surface area contributed by atoms with E-state index in [2.05, 4.69) is 19.2 Å². The molecule has 0 aromatic rings. The van der Waals surface area contributed by atoms with Gasteiger partial charge < -0.3 is 15.0 Å². The second-order valence-corrected chi connectivity index (χ2v) is 5.17. The van der Waals surface area contributed by atoms with Crippen LogP contribution in [-0.4, -0.2) is 50.7 Å². The first-order valence-electron chi connectivity index (χ1n) is 6.03. The average Bonchev–Trinajstić information content (AvgIpc) is 2.61. The van der Waals surface area contributed by atoms with Crippen LogP contribution in [0.5, 0.6) is 0 Å². The zero-order valence-electron chi connectivity index (χ0n) is 10.8. The van der Waals surface area contributed by atoms with Crippen molar-refractivity contribution >= 4 is 5.91 Å². The van der Waals surface area contributed by atoms with Gasteiger partial charge in [-0.25, -0.2) is 0 Å². The van der Waals surface area contributed by atoms with Crippen LogP contribution in [0.4, 0.5) is 0 Å². The molecule has 0 aromatic carbocycles. The van der Waals surface area contributed by atoms with Gasteiger partial charge in [-0.15, -0.1) is 0 Å². The molecule has 94 valence electrons. The smallest absolute Gasteiger partial charge is 0.234 e. The van der Waals surface area contributed by atoms with Gasteiger partial charge in [0, 0.05) is 19.1 Å². The van der Waals surface area contributed by atoms with E-state index in [9.17, 15) is 4.79 Å². The Bertz CT molecular complexity index is 229. The number of carbonyl (C=O) groups is 1. The Morgan fingerprint density at radius 3 is 2.75 bits per heavy atom. The van der Waals surface area contributed by atoms with E-state index in [1.54, 1.807) is 0 Å². The van der Waals surface area contributed by atoms with Gasteiger partial charge in [-0.05, 0) is 26.4 Å². The van der Waals surface area contributed by atoms with Gasteiger partial charge in [0.2, 0.25) is 5.91 Å². The third kappa shape index (κ3) is 4.10. The van der Waals surface area contributed by atoms with Crippen LogP contribution < -0.4 is 5.32 Å². The normalized spacial score (nSPS) is 25.4. The molecule has 4 nitrogen and oxygen atoms in total. The van der Waals surface area contributed by atoms with Crippen molar-refractivity contribution in [1.29, 1.82) is 0 Å². The van der Waals surface area contributed by atoms with E-state index in [1.807, 2.05) is 19.0 Å². The molecule has 0 aromatic heterocycles. The summed E-state index contributed by atoms with van der Waals surface area (Å²) in [6.45, 7) is 6.38. The van der Waals surface area contributed by atoms with Gasteiger partial charge in [-0.3, -0.25) is 4.79 Å². The van der Waals surface area contributed by atoms with Gasteiger partial charge in [0.25, 0.3) is 0 Å². The topological polar surface area (TPSA) is 41.6 Å². The van der Waals surface area contributed by atoms with Crippen LogP contribution in [0, 0.1) is 11.8 Å². The van der Waals surface area contributed by atoms with Crippen molar-refractivity contribution in [3.8, 4) is 0 Å². The Kier molecular flexibility index (Phi) is 5.22. The predicted molar refractivity (Wildman–Crippen MR) is 64.2 cm³/mol. The largest absolute Gasteiger partial charge is 0.378 e. The molecule has 0 aliphatic carbocycles. The van der Waals surface area contributed by atoms with E-state index in [-0.39, 0.29) is 5.91 Å². The highest BCUT2D eigenvalue weighted by Crippen LogP contribution is 2.25. The first-order valence-corrected chi connectivity index (χ1v) is 6.03. The standard InChI is InChI=1S/C12H24N2O2/c1-9(2)12-10(5-6-16-12)7-13-11(15)8-14(3)4/h9-10,12H,5-8H2,1-4H3,(H,13,15)/t10-,12-/m1/s1. The van der Waals surface area contributed by atoms with Crippen LogP contribution in [0.2, 0.25) is 0 Å². The molecule has 0 saturated carbocycles. The van der Waals surface area contributed by atoms with E-state index in [1.165, 1.54) is 0 Å². The summed E-state index contributed by atoms with van der Waals surface area (Å²) in [5.74, 6) is 1.10. The second-order valence-electron chi connectivity index (χ2n) is 5.17. The van der Waals surface area contributed by atoms with Gasteiger partial charge >= 0.3 is 0 Å². The summed E-state index contributed by atoms with van der Waals surface area (Å²) in [5.41, 5.74) is 0.